The molecule has 1 saturated heterocycles. The molecular formula is C19H27N2O2+. The lowest BCUT2D eigenvalue weighted by molar-refractivity contribution is -0.939. The van der Waals surface area contributed by atoms with E-state index < -0.39 is 6.10 Å². The second-order valence-electron chi connectivity index (χ2n) is 7.01. The summed E-state index contributed by atoms with van der Waals surface area (Å²) in [6, 6.07) is 9.90. The van der Waals surface area contributed by atoms with Crippen LogP contribution in [-0.2, 0) is 0 Å². The first-order chi connectivity index (χ1) is 11.3. The van der Waals surface area contributed by atoms with Gasteiger partial charge in [0.2, 0.25) is 0 Å². The van der Waals surface area contributed by atoms with Crippen LogP contribution in [0.4, 0.5) is 0 Å². The Hall–Kier alpha value is -1.57. The second kappa shape index (κ2) is 7.81. The fraction of sp³-hybridized carbons (Fsp3) is 0.632. The minimum absolute atomic E-state index is 0.326. The Kier molecular flexibility index (Phi) is 5.53. The average Bonchev–Trinajstić information content (AvgIpc) is 2.61. The van der Waals surface area contributed by atoms with Crippen molar-refractivity contribution in [1.29, 1.82) is 5.26 Å². The summed E-state index contributed by atoms with van der Waals surface area (Å²) in [6.07, 6.45) is 7.68. The van der Waals surface area contributed by atoms with Gasteiger partial charge in [-0.05, 0) is 56.4 Å². The topological polar surface area (TPSA) is 57.7 Å². The van der Waals surface area contributed by atoms with Gasteiger partial charge in [0.25, 0.3) is 0 Å². The van der Waals surface area contributed by atoms with Crippen molar-refractivity contribution in [2.24, 2.45) is 5.92 Å². The molecule has 0 spiro atoms. The van der Waals surface area contributed by atoms with Crippen molar-refractivity contribution in [2.75, 3.05) is 19.7 Å². The Morgan fingerprint density at radius 1 is 1.17 bits per heavy atom. The molecule has 1 aromatic rings. The third-order valence-electron chi connectivity index (χ3n) is 5.43. The Bertz CT molecular complexity index is 535. The Labute approximate surface area is 138 Å². The lowest BCUT2D eigenvalue weighted by atomic mass is 9.78. The highest BCUT2D eigenvalue weighted by Crippen LogP contribution is 2.28. The number of aliphatic hydroxyl groups is 1. The predicted molar refractivity (Wildman–Crippen MR) is 88.3 cm³/mol. The molecule has 4 nitrogen and oxygen atoms in total. The van der Waals surface area contributed by atoms with Crippen LogP contribution in [0.25, 0.3) is 0 Å². The number of rotatable bonds is 5. The summed E-state index contributed by atoms with van der Waals surface area (Å²) in [5.74, 6) is 1.59. The highest BCUT2D eigenvalue weighted by Gasteiger charge is 2.37. The van der Waals surface area contributed by atoms with Gasteiger partial charge in [0.1, 0.15) is 25.0 Å². The summed E-state index contributed by atoms with van der Waals surface area (Å²) in [4.78, 5) is 1.58. The molecule has 1 heterocycles. The van der Waals surface area contributed by atoms with E-state index in [-0.39, 0.29) is 0 Å². The average molecular weight is 315 g/mol. The highest BCUT2D eigenvalue weighted by atomic mass is 16.5. The summed E-state index contributed by atoms with van der Waals surface area (Å²) in [6.45, 7) is 2.30. The quantitative estimate of drug-likeness (QED) is 0.866. The van der Waals surface area contributed by atoms with Crippen molar-refractivity contribution in [2.45, 2.75) is 50.7 Å². The van der Waals surface area contributed by atoms with Gasteiger partial charge in [0.15, 0.2) is 0 Å². The van der Waals surface area contributed by atoms with Gasteiger partial charge in [-0.1, -0.05) is 6.42 Å². The number of hydrogen-bond acceptors (Lipinski definition) is 3. The van der Waals surface area contributed by atoms with E-state index in [9.17, 15) is 5.11 Å². The number of aliphatic hydroxyl groups excluding tert-OH is 1. The lowest BCUT2D eigenvalue weighted by Crippen LogP contribution is -3.18. The van der Waals surface area contributed by atoms with Crippen molar-refractivity contribution >= 4 is 0 Å². The van der Waals surface area contributed by atoms with Gasteiger partial charge in [0, 0.05) is 5.92 Å². The van der Waals surface area contributed by atoms with Gasteiger partial charge in [-0.25, -0.2) is 0 Å². The van der Waals surface area contributed by atoms with Gasteiger partial charge in [0.05, 0.1) is 24.2 Å². The largest absolute Gasteiger partial charge is 0.491 e. The molecule has 0 bridgehead atoms. The SMILES string of the molecule is N#Cc1ccc(OC[C@@H](O)C[NH+]2CCC[C@H]3CCCC[C@@H]32)cc1. The molecule has 0 radical (unpaired) electrons. The van der Waals surface area contributed by atoms with Gasteiger partial charge < -0.3 is 14.7 Å². The molecule has 3 rings (SSSR count). The molecule has 4 atom stereocenters. The molecule has 2 fully saturated rings. The summed E-state index contributed by atoms with van der Waals surface area (Å²) in [5.41, 5.74) is 0.624. The van der Waals surface area contributed by atoms with Crippen LogP contribution in [0.2, 0.25) is 0 Å². The third kappa shape index (κ3) is 4.25. The molecule has 124 valence electrons. The minimum Gasteiger partial charge on any atom is -0.491 e. The number of piperidine rings is 1. The molecule has 1 saturated carbocycles. The monoisotopic (exact) mass is 315 g/mol. The maximum atomic E-state index is 10.4. The van der Waals surface area contributed by atoms with Crippen LogP contribution in [0.3, 0.4) is 0 Å². The molecule has 0 amide bonds. The molecule has 1 unspecified atom stereocenters. The molecule has 1 aliphatic heterocycles. The van der Waals surface area contributed by atoms with Crippen LogP contribution in [0, 0.1) is 17.2 Å². The van der Waals surface area contributed by atoms with Crippen molar-refractivity contribution in [1.82, 2.24) is 0 Å². The van der Waals surface area contributed by atoms with Gasteiger partial charge in [-0.3, -0.25) is 0 Å². The molecule has 4 heteroatoms. The number of ether oxygens (including phenoxy) is 1. The van der Waals surface area contributed by atoms with Crippen LogP contribution in [0.15, 0.2) is 24.3 Å². The zero-order chi connectivity index (χ0) is 16.1. The lowest BCUT2D eigenvalue weighted by Gasteiger charge is -2.41. The highest BCUT2D eigenvalue weighted by molar-refractivity contribution is 5.34. The number of quaternary nitrogens is 1. The van der Waals surface area contributed by atoms with E-state index in [0.29, 0.717) is 17.9 Å². The van der Waals surface area contributed by atoms with E-state index in [2.05, 4.69) is 6.07 Å². The van der Waals surface area contributed by atoms with E-state index in [1.54, 1.807) is 29.2 Å². The van der Waals surface area contributed by atoms with Crippen LogP contribution < -0.4 is 9.64 Å². The molecule has 1 aromatic carbocycles. The Balaban J connectivity index is 1.48. The third-order valence-corrected chi connectivity index (χ3v) is 5.43. The van der Waals surface area contributed by atoms with E-state index in [4.69, 9.17) is 10.00 Å². The summed E-state index contributed by atoms with van der Waals surface area (Å²) < 4.78 is 5.67. The van der Waals surface area contributed by atoms with Crippen LogP contribution in [0.1, 0.15) is 44.1 Å². The van der Waals surface area contributed by atoms with E-state index >= 15 is 0 Å². The van der Waals surface area contributed by atoms with Gasteiger partial charge in [-0.15, -0.1) is 0 Å². The zero-order valence-electron chi connectivity index (χ0n) is 13.7. The van der Waals surface area contributed by atoms with Crippen LogP contribution in [-0.4, -0.2) is 36.9 Å². The Morgan fingerprint density at radius 3 is 2.70 bits per heavy atom. The first-order valence-electron chi connectivity index (χ1n) is 8.92. The first-order valence-corrected chi connectivity index (χ1v) is 8.92. The summed E-state index contributed by atoms with van der Waals surface area (Å²) >= 11 is 0. The normalized spacial score (nSPS) is 28.4. The maximum absolute atomic E-state index is 10.4. The van der Waals surface area contributed by atoms with Crippen molar-refractivity contribution in [3.05, 3.63) is 29.8 Å². The molecule has 23 heavy (non-hydrogen) atoms. The van der Waals surface area contributed by atoms with Gasteiger partial charge in [-0.2, -0.15) is 5.26 Å². The minimum atomic E-state index is -0.429. The van der Waals surface area contributed by atoms with Gasteiger partial charge >= 0.3 is 0 Å². The molecule has 2 N–H and O–H groups in total. The maximum Gasteiger partial charge on any atom is 0.137 e. The molecule has 2 aliphatic rings. The number of nitriles is 1. The summed E-state index contributed by atoms with van der Waals surface area (Å²) in [5, 5.41) is 19.1. The Morgan fingerprint density at radius 2 is 1.91 bits per heavy atom. The molecule has 0 aromatic heterocycles. The van der Waals surface area contributed by atoms with E-state index in [0.717, 1.165) is 18.5 Å². The number of hydrogen-bond donors (Lipinski definition) is 2. The van der Waals surface area contributed by atoms with Crippen molar-refractivity contribution in [3.8, 4) is 11.8 Å². The standard InChI is InChI=1S/C19H26N2O2/c20-12-15-7-9-18(10-8-15)23-14-17(22)13-21-11-3-5-16-4-1-2-6-19(16)21/h7-10,16-17,19,22H,1-6,11,13-14H2/p+1/t16-,17+,19+/m1/s1. The molecule has 1 aliphatic carbocycles. The smallest absolute Gasteiger partial charge is 0.137 e. The van der Waals surface area contributed by atoms with Crippen molar-refractivity contribution < 1.29 is 14.7 Å². The molecular weight excluding hydrogens is 288 g/mol. The number of nitrogens with one attached hydrogen (secondary N) is 1. The number of fused-ring (bicyclic) bond motifs is 1. The zero-order valence-corrected chi connectivity index (χ0v) is 13.7. The second-order valence-corrected chi connectivity index (χ2v) is 7.01. The number of benzene rings is 1. The predicted octanol–water partition coefficient (Wildman–Crippen LogP) is 1.54. The fourth-order valence-corrected chi connectivity index (χ4v) is 4.30. The van der Waals surface area contributed by atoms with E-state index in [1.165, 1.54) is 45.1 Å². The van der Waals surface area contributed by atoms with E-state index in [1.807, 2.05) is 0 Å². The van der Waals surface area contributed by atoms with Crippen molar-refractivity contribution in [3.63, 3.8) is 0 Å². The number of nitrogens with zero attached hydrogens (tertiary/aromatic N) is 1. The summed E-state index contributed by atoms with van der Waals surface area (Å²) in [7, 11) is 0. The first kappa shape index (κ1) is 16.3. The van der Waals surface area contributed by atoms with Crippen LogP contribution in [0.5, 0.6) is 5.75 Å². The number of likely N-dealkylation sites (tertiary alicyclic amines) is 1. The van der Waals surface area contributed by atoms with Crippen LogP contribution >= 0.6 is 0 Å². The fourth-order valence-electron chi connectivity index (χ4n) is 4.30.